The molecule has 1 unspecified atom stereocenters. The third-order valence-corrected chi connectivity index (χ3v) is 4.10. The van der Waals surface area contributed by atoms with Crippen molar-refractivity contribution in [3.8, 4) is 0 Å². The van der Waals surface area contributed by atoms with Crippen molar-refractivity contribution in [2.45, 2.75) is 18.9 Å². The van der Waals surface area contributed by atoms with E-state index >= 15 is 0 Å². The van der Waals surface area contributed by atoms with Gasteiger partial charge < -0.3 is 5.32 Å². The van der Waals surface area contributed by atoms with Crippen LogP contribution in [0.1, 0.15) is 23.2 Å². The van der Waals surface area contributed by atoms with Gasteiger partial charge in [0, 0.05) is 28.9 Å². The minimum Gasteiger partial charge on any atom is -0.329 e. The molecule has 1 atom stereocenters. The molecule has 4 rings (SSSR count). The van der Waals surface area contributed by atoms with Gasteiger partial charge in [0.05, 0.1) is 11.3 Å². The molecule has 1 aromatic heterocycles. The summed E-state index contributed by atoms with van der Waals surface area (Å²) < 4.78 is 0. The van der Waals surface area contributed by atoms with E-state index < -0.39 is 6.04 Å². The number of hydrogen-bond donors (Lipinski definition) is 1. The second-order valence-electron chi connectivity index (χ2n) is 5.38. The summed E-state index contributed by atoms with van der Waals surface area (Å²) in [6.45, 7) is 3.78. The molecule has 3 heterocycles. The van der Waals surface area contributed by atoms with Gasteiger partial charge in [-0.1, -0.05) is 18.7 Å². The van der Waals surface area contributed by atoms with Gasteiger partial charge in [0.15, 0.2) is 0 Å². The van der Waals surface area contributed by atoms with E-state index in [1.807, 2.05) is 18.2 Å². The normalized spacial score (nSPS) is 21.0. The van der Waals surface area contributed by atoms with Crippen LogP contribution in [-0.2, 0) is 4.79 Å². The quantitative estimate of drug-likeness (QED) is 0.868. The van der Waals surface area contributed by atoms with Crippen molar-refractivity contribution < 1.29 is 9.59 Å². The molecule has 5 heteroatoms. The molecule has 0 saturated carbocycles. The van der Waals surface area contributed by atoms with Gasteiger partial charge in [0.2, 0.25) is 5.91 Å². The van der Waals surface area contributed by atoms with Crippen molar-refractivity contribution in [1.82, 2.24) is 10.3 Å². The van der Waals surface area contributed by atoms with Gasteiger partial charge in [-0.25, -0.2) is 0 Å². The molecule has 0 bridgehead atoms. The molecule has 2 aliphatic rings. The lowest BCUT2D eigenvalue weighted by Crippen LogP contribution is -2.51. The predicted molar refractivity (Wildman–Crippen MR) is 78.9 cm³/mol. The third kappa shape index (κ3) is 1.60. The number of benzene rings is 1. The summed E-state index contributed by atoms with van der Waals surface area (Å²) in [5, 5.41) is 4.54. The van der Waals surface area contributed by atoms with Gasteiger partial charge >= 0.3 is 0 Å². The highest BCUT2D eigenvalue weighted by Gasteiger charge is 2.39. The molecule has 0 radical (unpaired) electrons. The summed E-state index contributed by atoms with van der Waals surface area (Å²) in [7, 11) is 0. The lowest BCUT2D eigenvalue weighted by Gasteiger charge is -2.31. The molecule has 2 amide bonds. The molecule has 5 nitrogen and oxygen atoms in total. The number of carbonyl (C=O) groups is 2. The fraction of sp³-hybridized carbons (Fsp3) is 0.188. The monoisotopic (exact) mass is 279 g/mol. The first-order valence-corrected chi connectivity index (χ1v) is 6.86. The maximum Gasteiger partial charge on any atom is 0.261 e. The Morgan fingerprint density at radius 3 is 2.95 bits per heavy atom. The summed E-state index contributed by atoms with van der Waals surface area (Å²) in [5.41, 5.74) is 2.07. The average molecular weight is 279 g/mol. The standard InChI is InChI=1S/C16H13N3O2/c1-9-5-6-13(15(20)18-9)19-12-4-2-3-10-7-17-8-11(14(10)12)16(19)21/h2-4,7-8,13H,1,5-6H2,(H,18,20). The molecule has 0 aliphatic carbocycles. The van der Waals surface area contributed by atoms with Crippen molar-refractivity contribution in [2.24, 2.45) is 0 Å². The van der Waals surface area contributed by atoms with Crippen molar-refractivity contribution >= 4 is 28.3 Å². The SMILES string of the molecule is C=C1CCC(N2C(=O)c3cncc4cccc2c34)C(=O)N1. The van der Waals surface area contributed by atoms with Crippen molar-refractivity contribution in [3.05, 3.63) is 48.4 Å². The number of pyridine rings is 1. The fourth-order valence-corrected chi connectivity index (χ4v) is 3.14. The highest BCUT2D eigenvalue weighted by Crippen LogP contribution is 2.39. The summed E-state index contributed by atoms with van der Waals surface area (Å²) in [6.07, 6.45) is 4.59. The first kappa shape index (κ1) is 12.1. The van der Waals surface area contributed by atoms with Crippen molar-refractivity contribution in [2.75, 3.05) is 4.90 Å². The average Bonchev–Trinajstić information content (AvgIpc) is 2.75. The number of nitrogens with zero attached hydrogens (tertiary/aromatic N) is 2. The van der Waals surface area contributed by atoms with Gasteiger partial charge in [-0.05, 0) is 18.9 Å². The number of hydrogen-bond acceptors (Lipinski definition) is 3. The van der Waals surface area contributed by atoms with E-state index in [-0.39, 0.29) is 11.8 Å². The van der Waals surface area contributed by atoms with E-state index in [1.165, 1.54) is 0 Å². The lowest BCUT2D eigenvalue weighted by atomic mass is 10.0. The number of piperidine rings is 1. The molecule has 1 saturated heterocycles. The van der Waals surface area contributed by atoms with Gasteiger partial charge in [0.25, 0.3) is 5.91 Å². The molecule has 21 heavy (non-hydrogen) atoms. The fourth-order valence-electron chi connectivity index (χ4n) is 3.14. The van der Waals surface area contributed by atoms with Crippen LogP contribution in [0, 0.1) is 0 Å². The topological polar surface area (TPSA) is 62.3 Å². The lowest BCUT2D eigenvalue weighted by molar-refractivity contribution is -0.122. The number of rotatable bonds is 1. The first-order chi connectivity index (χ1) is 10.2. The molecule has 1 aromatic carbocycles. The number of aromatic nitrogens is 1. The summed E-state index contributed by atoms with van der Waals surface area (Å²) >= 11 is 0. The van der Waals surface area contributed by atoms with Crippen LogP contribution in [0.4, 0.5) is 5.69 Å². The maximum atomic E-state index is 12.7. The minimum absolute atomic E-state index is 0.151. The van der Waals surface area contributed by atoms with Crippen LogP contribution in [0.3, 0.4) is 0 Å². The second kappa shape index (κ2) is 4.15. The largest absolute Gasteiger partial charge is 0.329 e. The maximum absolute atomic E-state index is 12.7. The Morgan fingerprint density at radius 1 is 1.29 bits per heavy atom. The van der Waals surface area contributed by atoms with Crippen LogP contribution in [0.5, 0.6) is 0 Å². The van der Waals surface area contributed by atoms with E-state index in [9.17, 15) is 9.59 Å². The molecule has 1 fully saturated rings. The van der Waals surface area contributed by atoms with E-state index in [0.29, 0.717) is 24.1 Å². The van der Waals surface area contributed by atoms with Crippen LogP contribution < -0.4 is 10.2 Å². The van der Waals surface area contributed by atoms with Crippen molar-refractivity contribution in [1.29, 1.82) is 0 Å². The van der Waals surface area contributed by atoms with E-state index in [0.717, 1.165) is 16.5 Å². The highest BCUT2D eigenvalue weighted by atomic mass is 16.2. The van der Waals surface area contributed by atoms with Crippen LogP contribution >= 0.6 is 0 Å². The van der Waals surface area contributed by atoms with Crippen molar-refractivity contribution in [3.63, 3.8) is 0 Å². The molecular weight excluding hydrogens is 266 g/mol. The first-order valence-electron chi connectivity index (χ1n) is 6.86. The molecule has 2 aromatic rings. The van der Waals surface area contributed by atoms with E-state index in [1.54, 1.807) is 17.3 Å². The molecule has 1 N–H and O–H groups in total. The zero-order chi connectivity index (χ0) is 14.6. The number of amides is 2. The molecule has 0 spiro atoms. The Morgan fingerprint density at radius 2 is 2.14 bits per heavy atom. The minimum atomic E-state index is -0.485. The number of nitrogens with one attached hydrogen (secondary N) is 1. The second-order valence-corrected chi connectivity index (χ2v) is 5.38. The number of allylic oxidation sites excluding steroid dienone is 1. The van der Waals surface area contributed by atoms with Gasteiger partial charge in [-0.2, -0.15) is 0 Å². The Labute approximate surface area is 121 Å². The van der Waals surface area contributed by atoms with E-state index in [4.69, 9.17) is 0 Å². The molecule has 2 aliphatic heterocycles. The van der Waals surface area contributed by atoms with Crippen LogP contribution in [0.15, 0.2) is 42.9 Å². The summed E-state index contributed by atoms with van der Waals surface area (Å²) in [6, 6.07) is 5.21. The smallest absolute Gasteiger partial charge is 0.261 e. The van der Waals surface area contributed by atoms with Crippen LogP contribution in [0.2, 0.25) is 0 Å². The van der Waals surface area contributed by atoms with Gasteiger partial charge in [-0.15, -0.1) is 0 Å². The zero-order valence-electron chi connectivity index (χ0n) is 11.3. The number of carbonyl (C=O) groups excluding carboxylic acids is 2. The molecular formula is C16H13N3O2. The summed E-state index contributed by atoms with van der Waals surface area (Å²) in [5.74, 6) is -0.320. The Balaban J connectivity index is 1.86. The predicted octanol–water partition coefficient (Wildman–Crippen LogP) is 1.99. The Kier molecular flexibility index (Phi) is 2.39. The van der Waals surface area contributed by atoms with Crippen LogP contribution in [-0.4, -0.2) is 22.8 Å². The highest BCUT2D eigenvalue weighted by molar-refractivity contribution is 6.26. The van der Waals surface area contributed by atoms with Gasteiger partial charge in [-0.3, -0.25) is 19.5 Å². The van der Waals surface area contributed by atoms with Crippen LogP contribution in [0.25, 0.3) is 10.8 Å². The Bertz CT molecular complexity index is 807. The zero-order valence-corrected chi connectivity index (χ0v) is 11.3. The third-order valence-electron chi connectivity index (χ3n) is 4.10. The summed E-state index contributed by atoms with van der Waals surface area (Å²) in [4.78, 5) is 30.6. The number of anilines is 1. The van der Waals surface area contributed by atoms with Gasteiger partial charge in [0.1, 0.15) is 6.04 Å². The Hall–Kier alpha value is -2.69. The molecule has 104 valence electrons. The van der Waals surface area contributed by atoms with E-state index in [2.05, 4.69) is 16.9 Å².